The summed E-state index contributed by atoms with van der Waals surface area (Å²) in [4.78, 5) is 11.4. The van der Waals surface area contributed by atoms with Crippen molar-refractivity contribution in [2.24, 2.45) is 0 Å². The van der Waals surface area contributed by atoms with Crippen LogP contribution in [0.3, 0.4) is 0 Å². The second-order valence-corrected chi connectivity index (χ2v) is 4.64. The molecule has 0 amide bonds. The number of thioether (sulfide) groups is 1. The quantitative estimate of drug-likeness (QED) is 0.753. The predicted molar refractivity (Wildman–Crippen MR) is 60.9 cm³/mol. The molecule has 0 spiro atoms. The van der Waals surface area contributed by atoms with E-state index in [9.17, 15) is 4.79 Å². The van der Waals surface area contributed by atoms with E-state index in [1.54, 1.807) is 11.8 Å². The molecule has 1 aromatic rings. The van der Waals surface area contributed by atoms with Crippen molar-refractivity contribution in [1.82, 2.24) is 0 Å². The number of carbonyl (C=O) groups is 1. The third-order valence-corrected chi connectivity index (χ3v) is 3.35. The number of rotatable bonds is 4. The average molecular weight is 206 g/mol. The van der Waals surface area contributed by atoms with E-state index >= 15 is 0 Å². The van der Waals surface area contributed by atoms with Crippen LogP contribution in [0.15, 0.2) is 24.3 Å². The van der Waals surface area contributed by atoms with Crippen molar-refractivity contribution in [1.29, 1.82) is 0 Å². The van der Waals surface area contributed by atoms with E-state index in [4.69, 9.17) is 0 Å². The Bertz CT molecular complexity index is 346. The summed E-state index contributed by atoms with van der Waals surface area (Å²) in [5, 5.41) is 0. The maximum absolute atomic E-state index is 11.4. The summed E-state index contributed by atoms with van der Waals surface area (Å²) < 4.78 is 0. The van der Waals surface area contributed by atoms with Crippen molar-refractivity contribution < 1.29 is 4.79 Å². The van der Waals surface area contributed by atoms with Gasteiger partial charge in [-0.15, -0.1) is 0 Å². The molecule has 2 rings (SSSR count). The molecule has 1 nitrogen and oxygen atoms in total. The molecule has 1 aromatic carbocycles. The van der Waals surface area contributed by atoms with Gasteiger partial charge in [0.25, 0.3) is 0 Å². The Labute approximate surface area is 88.9 Å². The maximum atomic E-state index is 11.4. The second-order valence-electron chi connectivity index (χ2n) is 3.78. The Kier molecular flexibility index (Phi) is 2.92. The highest BCUT2D eigenvalue weighted by Crippen LogP contribution is 2.37. The van der Waals surface area contributed by atoms with Crippen LogP contribution in [0.4, 0.5) is 0 Å². The SMILES string of the molecule is CSCC(=O)CC1Cc2ccccc21. The predicted octanol–water partition coefficient (Wildman–Crippen LogP) is 2.65. The van der Waals surface area contributed by atoms with E-state index in [1.165, 1.54) is 11.1 Å². The van der Waals surface area contributed by atoms with Crippen molar-refractivity contribution >= 4 is 17.5 Å². The zero-order valence-corrected chi connectivity index (χ0v) is 9.14. The molecule has 0 radical (unpaired) electrons. The zero-order chi connectivity index (χ0) is 9.97. The van der Waals surface area contributed by atoms with Crippen molar-refractivity contribution in [3.05, 3.63) is 35.4 Å². The molecule has 0 fully saturated rings. The van der Waals surface area contributed by atoms with Crippen molar-refractivity contribution in [2.75, 3.05) is 12.0 Å². The molecule has 14 heavy (non-hydrogen) atoms. The van der Waals surface area contributed by atoms with Gasteiger partial charge in [-0.2, -0.15) is 11.8 Å². The number of hydrogen-bond acceptors (Lipinski definition) is 2. The number of fused-ring (bicyclic) bond motifs is 1. The number of benzene rings is 1. The van der Waals surface area contributed by atoms with Gasteiger partial charge in [0.15, 0.2) is 0 Å². The molecule has 0 bridgehead atoms. The molecule has 1 unspecified atom stereocenters. The van der Waals surface area contributed by atoms with Crippen LogP contribution in [0.2, 0.25) is 0 Å². The van der Waals surface area contributed by atoms with E-state index in [1.807, 2.05) is 6.26 Å². The largest absolute Gasteiger partial charge is 0.299 e. The first kappa shape index (κ1) is 9.78. The summed E-state index contributed by atoms with van der Waals surface area (Å²) in [5.41, 5.74) is 2.82. The molecule has 2 heteroatoms. The molecule has 0 heterocycles. The number of carbonyl (C=O) groups excluding carboxylic acids is 1. The lowest BCUT2D eigenvalue weighted by molar-refractivity contribution is -0.117. The van der Waals surface area contributed by atoms with Crippen LogP contribution in [-0.2, 0) is 11.2 Å². The summed E-state index contributed by atoms with van der Waals surface area (Å²) in [6, 6.07) is 8.43. The normalized spacial score (nSPS) is 18.5. The highest BCUT2D eigenvalue weighted by atomic mass is 32.2. The Morgan fingerprint density at radius 2 is 2.29 bits per heavy atom. The van der Waals surface area contributed by atoms with Gasteiger partial charge in [-0.25, -0.2) is 0 Å². The van der Waals surface area contributed by atoms with Crippen LogP contribution in [-0.4, -0.2) is 17.8 Å². The molecular formula is C12H14OS. The molecule has 0 saturated heterocycles. The summed E-state index contributed by atoms with van der Waals surface area (Å²) in [6.07, 6.45) is 3.81. The molecule has 0 aromatic heterocycles. The highest BCUT2D eigenvalue weighted by molar-refractivity contribution is 7.99. The maximum Gasteiger partial charge on any atom is 0.143 e. The minimum absolute atomic E-state index is 0.386. The van der Waals surface area contributed by atoms with Gasteiger partial charge in [0.05, 0.1) is 5.75 Å². The fourth-order valence-corrected chi connectivity index (χ4v) is 2.48. The molecular weight excluding hydrogens is 192 g/mol. The fraction of sp³-hybridized carbons (Fsp3) is 0.417. The van der Waals surface area contributed by atoms with Crippen LogP contribution < -0.4 is 0 Å². The fourth-order valence-electron chi connectivity index (χ4n) is 2.04. The molecule has 0 aliphatic heterocycles. The number of hydrogen-bond donors (Lipinski definition) is 0. The van der Waals surface area contributed by atoms with Gasteiger partial charge >= 0.3 is 0 Å². The van der Waals surface area contributed by atoms with Crippen molar-refractivity contribution in [2.45, 2.75) is 18.8 Å². The van der Waals surface area contributed by atoms with Gasteiger partial charge in [-0.05, 0) is 29.7 Å². The molecule has 74 valence electrons. The Morgan fingerprint density at radius 1 is 1.50 bits per heavy atom. The molecule has 0 N–H and O–H groups in total. The number of Topliss-reactive ketones (excluding diaryl/α,β-unsaturated/α-hetero) is 1. The van der Waals surface area contributed by atoms with Crippen molar-refractivity contribution in [3.8, 4) is 0 Å². The summed E-state index contributed by atoms with van der Waals surface area (Å²) in [7, 11) is 0. The highest BCUT2D eigenvalue weighted by Gasteiger charge is 2.26. The minimum Gasteiger partial charge on any atom is -0.299 e. The zero-order valence-electron chi connectivity index (χ0n) is 8.32. The smallest absolute Gasteiger partial charge is 0.143 e. The third-order valence-electron chi connectivity index (χ3n) is 2.74. The van der Waals surface area contributed by atoms with Crippen LogP contribution in [0.25, 0.3) is 0 Å². The Morgan fingerprint density at radius 3 is 3.00 bits per heavy atom. The summed E-state index contributed by atoms with van der Waals surface area (Å²) in [5.74, 6) is 1.56. The van der Waals surface area contributed by atoms with Gasteiger partial charge in [-0.1, -0.05) is 24.3 Å². The minimum atomic E-state index is 0.386. The van der Waals surface area contributed by atoms with Crippen LogP contribution in [0, 0.1) is 0 Å². The first-order valence-electron chi connectivity index (χ1n) is 4.89. The van der Waals surface area contributed by atoms with Gasteiger partial charge in [-0.3, -0.25) is 4.79 Å². The average Bonchev–Trinajstić information content (AvgIpc) is 2.15. The molecule has 1 atom stereocenters. The molecule has 1 aliphatic rings. The monoisotopic (exact) mass is 206 g/mol. The summed E-state index contributed by atoms with van der Waals surface area (Å²) >= 11 is 1.62. The van der Waals surface area contributed by atoms with Gasteiger partial charge in [0.1, 0.15) is 5.78 Å². The standard InChI is InChI=1S/C12H14OS/c1-14-8-11(13)7-10-6-9-4-2-3-5-12(9)10/h2-5,10H,6-8H2,1H3. The molecule has 0 saturated carbocycles. The van der Waals surface area contributed by atoms with Crippen LogP contribution in [0.5, 0.6) is 0 Å². The lowest BCUT2D eigenvalue weighted by atomic mass is 9.75. The Hall–Kier alpha value is -0.760. The third kappa shape index (κ3) is 1.85. The second kappa shape index (κ2) is 4.18. The van der Waals surface area contributed by atoms with E-state index in [0.717, 1.165) is 12.8 Å². The van der Waals surface area contributed by atoms with E-state index < -0.39 is 0 Å². The van der Waals surface area contributed by atoms with Crippen molar-refractivity contribution in [3.63, 3.8) is 0 Å². The van der Waals surface area contributed by atoms with Crippen LogP contribution >= 0.6 is 11.8 Å². The van der Waals surface area contributed by atoms with E-state index in [2.05, 4.69) is 24.3 Å². The van der Waals surface area contributed by atoms with Gasteiger partial charge in [0, 0.05) is 6.42 Å². The van der Waals surface area contributed by atoms with E-state index in [-0.39, 0.29) is 0 Å². The lowest BCUT2D eigenvalue weighted by Gasteiger charge is -2.29. The number of ketones is 1. The first-order chi connectivity index (χ1) is 6.81. The topological polar surface area (TPSA) is 17.1 Å². The van der Waals surface area contributed by atoms with Gasteiger partial charge in [0.2, 0.25) is 0 Å². The van der Waals surface area contributed by atoms with E-state index in [0.29, 0.717) is 17.5 Å². The molecule has 1 aliphatic carbocycles. The first-order valence-corrected chi connectivity index (χ1v) is 6.29. The lowest BCUT2D eigenvalue weighted by Crippen LogP contribution is -2.20. The Balaban J connectivity index is 1.96. The van der Waals surface area contributed by atoms with Crippen LogP contribution in [0.1, 0.15) is 23.5 Å². The summed E-state index contributed by atoms with van der Waals surface area (Å²) in [6.45, 7) is 0. The van der Waals surface area contributed by atoms with Gasteiger partial charge < -0.3 is 0 Å².